The van der Waals surface area contributed by atoms with Gasteiger partial charge in [-0.3, -0.25) is 4.57 Å². The molecule has 2 atom stereocenters. The number of phosphoric acid groups is 1. The number of nitrogens with zero attached hydrogens (tertiary/aromatic N) is 1. The third kappa shape index (κ3) is 23.9. The third-order valence-corrected chi connectivity index (χ3v) is 7.88. The SMILES string of the molecule is CCCCCCCCCCCCCCCCOCC(COP(=O)([O-])OCCC[N+](C)(C)C)OCc1ccccc1. The second kappa shape index (κ2) is 23.7. The average molecular weight is 586 g/mol. The Balaban J connectivity index is 2.19. The highest BCUT2D eigenvalue weighted by Crippen LogP contribution is 2.38. The summed E-state index contributed by atoms with van der Waals surface area (Å²) in [5, 5.41) is 0. The summed E-state index contributed by atoms with van der Waals surface area (Å²) in [4.78, 5) is 12.2. The molecule has 1 aromatic carbocycles. The van der Waals surface area contributed by atoms with E-state index in [0.29, 0.717) is 19.6 Å². The van der Waals surface area contributed by atoms with Crippen molar-refractivity contribution < 1.29 is 32.5 Å². The Morgan fingerprint density at radius 2 is 1.27 bits per heavy atom. The van der Waals surface area contributed by atoms with Gasteiger partial charge in [-0.15, -0.1) is 0 Å². The first-order chi connectivity index (χ1) is 19.2. The number of hydrogen-bond donors (Lipinski definition) is 0. The Labute approximate surface area is 246 Å². The summed E-state index contributed by atoms with van der Waals surface area (Å²) in [5.41, 5.74) is 1.02. The Morgan fingerprint density at radius 1 is 0.725 bits per heavy atom. The van der Waals surface area contributed by atoms with Crippen LogP contribution in [0.5, 0.6) is 0 Å². The van der Waals surface area contributed by atoms with E-state index < -0.39 is 13.9 Å². The van der Waals surface area contributed by atoms with Crippen LogP contribution in [0, 0.1) is 0 Å². The predicted molar refractivity (Wildman–Crippen MR) is 163 cm³/mol. The van der Waals surface area contributed by atoms with Gasteiger partial charge < -0.3 is 27.9 Å². The van der Waals surface area contributed by atoms with Crippen LogP contribution in [0.15, 0.2) is 30.3 Å². The van der Waals surface area contributed by atoms with Gasteiger partial charge in [0, 0.05) is 13.0 Å². The van der Waals surface area contributed by atoms with Crippen molar-refractivity contribution in [1.82, 2.24) is 0 Å². The van der Waals surface area contributed by atoms with Crippen molar-refractivity contribution in [2.75, 3.05) is 54.1 Å². The molecule has 0 spiro atoms. The maximum absolute atomic E-state index is 12.2. The zero-order valence-corrected chi connectivity index (χ0v) is 27.1. The lowest BCUT2D eigenvalue weighted by atomic mass is 10.0. The molecule has 0 fully saturated rings. The minimum atomic E-state index is -4.39. The van der Waals surface area contributed by atoms with Crippen LogP contribution in [-0.4, -0.2) is 64.7 Å². The zero-order chi connectivity index (χ0) is 29.4. The van der Waals surface area contributed by atoms with E-state index in [4.69, 9.17) is 18.5 Å². The van der Waals surface area contributed by atoms with Gasteiger partial charge in [-0.25, -0.2) is 0 Å². The molecule has 1 rings (SSSR count). The van der Waals surface area contributed by atoms with Crippen LogP contribution in [0.1, 0.15) is 109 Å². The van der Waals surface area contributed by atoms with E-state index in [1.165, 1.54) is 77.0 Å². The molecule has 0 heterocycles. The molecule has 0 saturated heterocycles. The van der Waals surface area contributed by atoms with Crippen LogP contribution in [0.2, 0.25) is 0 Å². The lowest BCUT2D eigenvalue weighted by Crippen LogP contribution is -2.35. The number of phosphoric ester groups is 1. The molecule has 0 bridgehead atoms. The minimum absolute atomic E-state index is 0.113. The maximum Gasteiger partial charge on any atom is 0.267 e. The molecule has 0 aliphatic rings. The van der Waals surface area contributed by atoms with E-state index in [0.717, 1.165) is 29.4 Å². The standard InChI is InChI=1S/C32H60NO6P/c1-5-6-7-8-9-10-11-12-13-14-15-16-17-21-26-36-29-32(37-28-31-23-19-18-20-24-31)30-39-40(34,35)38-27-22-25-33(2,3)4/h18-20,23-24,32H,5-17,21-22,25-30H2,1-4H3. The van der Waals surface area contributed by atoms with Crippen LogP contribution in [0.25, 0.3) is 0 Å². The van der Waals surface area contributed by atoms with Crippen LogP contribution in [0.4, 0.5) is 0 Å². The highest BCUT2D eigenvalue weighted by atomic mass is 31.2. The fraction of sp³-hybridized carbons (Fsp3) is 0.812. The molecular weight excluding hydrogens is 525 g/mol. The van der Waals surface area contributed by atoms with Crippen molar-refractivity contribution in [2.45, 2.75) is 116 Å². The normalized spacial score (nSPS) is 14.3. The van der Waals surface area contributed by atoms with Gasteiger partial charge >= 0.3 is 0 Å². The number of quaternary nitrogens is 1. The van der Waals surface area contributed by atoms with Gasteiger partial charge in [-0.2, -0.15) is 0 Å². The van der Waals surface area contributed by atoms with Crippen molar-refractivity contribution in [1.29, 1.82) is 0 Å². The molecule has 0 N–H and O–H groups in total. The fourth-order valence-electron chi connectivity index (χ4n) is 4.47. The molecular formula is C32H60NO6P. The van der Waals surface area contributed by atoms with Gasteiger partial charge in [0.15, 0.2) is 0 Å². The molecule has 0 amide bonds. The molecule has 0 radical (unpaired) electrons. The number of unbranched alkanes of at least 4 members (excludes halogenated alkanes) is 13. The van der Waals surface area contributed by atoms with E-state index in [9.17, 15) is 9.46 Å². The van der Waals surface area contributed by atoms with Gasteiger partial charge in [-0.1, -0.05) is 121 Å². The first-order valence-corrected chi connectivity index (χ1v) is 17.3. The van der Waals surface area contributed by atoms with Gasteiger partial charge in [0.05, 0.1) is 54.1 Å². The van der Waals surface area contributed by atoms with E-state index in [-0.39, 0.29) is 19.8 Å². The van der Waals surface area contributed by atoms with Crippen LogP contribution < -0.4 is 4.89 Å². The molecule has 0 aliphatic heterocycles. The van der Waals surface area contributed by atoms with Crippen molar-refractivity contribution in [3.63, 3.8) is 0 Å². The van der Waals surface area contributed by atoms with Gasteiger partial charge in [0.25, 0.3) is 7.82 Å². The van der Waals surface area contributed by atoms with Crippen molar-refractivity contribution in [3.8, 4) is 0 Å². The molecule has 2 unspecified atom stereocenters. The monoisotopic (exact) mass is 585 g/mol. The van der Waals surface area contributed by atoms with E-state index in [1.807, 2.05) is 30.3 Å². The molecule has 0 aromatic heterocycles. The van der Waals surface area contributed by atoms with Crippen molar-refractivity contribution in [2.24, 2.45) is 0 Å². The summed E-state index contributed by atoms with van der Waals surface area (Å²) in [6.45, 7) is 4.36. The maximum atomic E-state index is 12.2. The highest BCUT2D eigenvalue weighted by molar-refractivity contribution is 7.45. The Hall–Kier alpha value is -0.790. The minimum Gasteiger partial charge on any atom is -0.756 e. The Morgan fingerprint density at radius 3 is 1.82 bits per heavy atom. The summed E-state index contributed by atoms with van der Waals surface area (Å²) < 4.78 is 35.0. The fourth-order valence-corrected chi connectivity index (χ4v) is 5.25. The summed E-state index contributed by atoms with van der Waals surface area (Å²) in [5.74, 6) is 0. The van der Waals surface area contributed by atoms with Crippen molar-refractivity contribution >= 4 is 7.82 Å². The molecule has 40 heavy (non-hydrogen) atoms. The van der Waals surface area contributed by atoms with Gasteiger partial charge in [0.1, 0.15) is 6.10 Å². The number of ether oxygens (including phenoxy) is 2. The first kappa shape index (κ1) is 37.2. The summed E-state index contributed by atoms with van der Waals surface area (Å²) in [7, 11) is 1.78. The molecule has 8 heteroatoms. The second-order valence-corrected chi connectivity index (χ2v) is 13.4. The zero-order valence-electron chi connectivity index (χ0n) is 26.2. The van der Waals surface area contributed by atoms with E-state index >= 15 is 0 Å². The van der Waals surface area contributed by atoms with Crippen LogP contribution in [0.3, 0.4) is 0 Å². The van der Waals surface area contributed by atoms with Crippen molar-refractivity contribution in [3.05, 3.63) is 35.9 Å². The average Bonchev–Trinajstić information content (AvgIpc) is 2.92. The Kier molecular flexibility index (Phi) is 22.1. The van der Waals surface area contributed by atoms with E-state index in [1.54, 1.807) is 0 Å². The van der Waals surface area contributed by atoms with Crippen LogP contribution in [-0.2, 0) is 29.7 Å². The van der Waals surface area contributed by atoms with Crippen LogP contribution >= 0.6 is 7.82 Å². The van der Waals surface area contributed by atoms with Gasteiger partial charge in [-0.05, 0) is 12.0 Å². The summed E-state index contributed by atoms with van der Waals surface area (Å²) >= 11 is 0. The molecule has 0 saturated carbocycles. The lowest BCUT2D eigenvalue weighted by molar-refractivity contribution is -0.870. The third-order valence-electron chi connectivity index (χ3n) is 6.92. The first-order valence-electron chi connectivity index (χ1n) is 15.9. The topological polar surface area (TPSA) is 77.1 Å². The smallest absolute Gasteiger partial charge is 0.267 e. The van der Waals surface area contributed by atoms with Gasteiger partial charge in [0.2, 0.25) is 0 Å². The summed E-state index contributed by atoms with van der Waals surface area (Å²) in [6, 6.07) is 9.80. The molecule has 234 valence electrons. The highest BCUT2D eigenvalue weighted by Gasteiger charge is 2.17. The predicted octanol–water partition coefficient (Wildman–Crippen LogP) is 7.67. The number of benzene rings is 1. The number of hydrogen-bond acceptors (Lipinski definition) is 6. The largest absolute Gasteiger partial charge is 0.756 e. The second-order valence-electron chi connectivity index (χ2n) is 12.0. The molecule has 7 nitrogen and oxygen atoms in total. The Bertz CT molecular complexity index is 743. The van der Waals surface area contributed by atoms with E-state index in [2.05, 4.69) is 28.1 Å². The molecule has 1 aromatic rings. The lowest BCUT2D eigenvalue weighted by Gasteiger charge is -2.27. The number of rotatable bonds is 28. The molecule has 0 aliphatic carbocycles. The summed E-state index contributed by atoms with van der Waals surface area (Å²) in [6.07, 6.45) is 18.6. The quantitative estimate of drug-likeness (QED) is 0.0571.